The zero-order valence-electron chi connectivity index (χ0n) is 21.0. The van der Waals surface area contributed by atoms with Gasteiger partial charge >= 0.3 is 5.97 Å². The Balaban J connectivity index is 1.37. The Labute approximate surface area is 224 Å². The first-order chi connectivity index (χ1) is 18.1. The molecule has 4 rings (SSSR count). The number of benzene rings is 2. The maximum absolute atomic E-state index is 13.9. The van der Waals surface area contributed by atoms with Gasteiger partial charge in [0, 0.05) is 23.2 Å². The van der Waals surface area contributed by atoms with E-state index in [-0.39, 0.29) is 24.8 Å². The molecule has 0 saturated carbocycles. The topological polar surface area (TPSA) is 82.9 Å². The van der Waals surface area contributed by atoms with Gasteiger partial charge in [-0.1, -0.05) is 11.6 Å². The molecule has 0 radical (unpaired) electrons. The summed E-state index contributed by atoms with van der Waals surface area (Å²) in [4.78, 5) is 18.7. The molecule has 2 N–H and O–H groups in total. The Morgan fingerprint density at radius 2 is 1.95 bits per heavy atom. The second kappa shape index (κ2) is 11.9. The number of aliphatic carboxylic acids is 1. The number of halogens is 4. The van der Waals surface area contributed by atoms with Crippen LogP contribution >= 0.6 is 11.6 Å². The number of rotatable bonds is 10. The SMILES string of the molecule is COc1ccc2ncc(Cl)c([C@@H](O)CCC3(C(=O)O)CCN(CCCc4cc(F)cc(F)c4F)CC3)c2c1. The van der Waals surface area contributed by atoms with Crippen molar-refractivity contribution in [2.75, 3.05) is 26.7 Å². The fourth-order valence-electron chi connectivity index (χ4n) is 5.25. The maximum Gasteiger partial charge on any atom is 0.309 e. The number of piperidine rings is 1. The molecule has 1 aliphatic heterocycles. The van der Waals surface area contributed by atoms with Crippen molar-refractivity contribution in [1.82, 2.24) is 9.88 Å². The highest BCUT2D eigenvalue weighted by molar-refractivity contribution is 6.32. The molecule has 38 heavy (non-hydrogen) atoms. The number of likely N-dealkylation sites (tertiary alicyclic amines) is 1. The van der Waals surface area contributed by atoms with Gasteiger partial charge in [-0.25, -0.2) is 13.2 Å². The number of aliphatic hydroxyl groups excluding tert-OH is 1. The van der Waals surface area contributed by atoms with Gasteiger partial charge in [0.25, 0.3) is 0 Å². The lowest BCUT2D eigenvalue weighted by atomic mass is 9.74. The molecule has 204 valence electrons. The van der Waals surface area contributed by atoms with Gasteiger partial charge in [-0.2, -0.15) is 0 Å². The number of nitrogens with zero attached hydrogens (tertiary/aromatic N) is 2. The summed E-state index contributed by atoms with van der Waals surface area (Å²) in [5.41, 5.74) is 0.136. The zero-order chi connectivity index (χ0) is 27.4. The van der Waals surface area contributed by atoms with Gasteiger partial charge in [-0.05, 0) is 88.0 Å². The van der Waals surface area contributed by atoms with Crippen molar-refractivity contribution < 1.29 is 32.9 Å². The number of aryl methyl sites for hydroxylation is 1. The number of hydrogen-bond donors (Lipinski definition) is 2. The van der Waals surface area contributed by atoms with Crippen LogP contribution in [0.1, 0.15) is 49.3 Å². The van der Waals surface area contributed by atoms with Gasteiger partial charge in [0.1, 0.15) is 11.6 Å². The van der Waals surface area contributed by atoms with Crippen molar-refractivity contribution in [3.8, 4) is 5.75 Å². The predicted molar refractivity (Wildman–Crippen MR) is 138 cm³/mol. The van der Waals surface area contributed by atoms with Crippen LogP contribution in [0.25, 0.3) is 10.9 Å². The van der Waals surface area contributed by atoms with E-state index in [1.54, 1.807) is 18.2 Å². The van der Waals surface area contributed by atoms with E-state index >= 15 is 0 Å². The first-order valence-corrected chi connectivity index (χ1v) is 12.9. The Bertz CT molecular complexity index is 1310. The molecule has 1 saturated heterocycles. The Hall–Kier alpha value is -2.88. The number of pyridine rings is 1. The lowest BCUT2D eigenvalue weighted by molar-refractivity contribution is -0.153. The summed E-state index contributed by atoms with van der Waals surface area (Å²) in [6.07, 6.45) is 2.38. The number of carbonyl (C=O) groups is 1. The molecular formula is C28H30ClF3N2O4. The predicted octanol–water partition coefficient (Wildman–Crippen LogP) is 5.93. The van der Waals surface area contributed by atoms with Crippen LogP contribution in [0.4, 0.5) is 13.2 Å². The van der Waals surface area contributed by atoms with E-state index < -0.39 is 34.9 Å². The molecule has 10 heteroatoms. The first-order valence-electron chi connectivity index (χ1n) is 12.5. The van der Waals surface area contributed by atoms with Crippen molar-refractivity contribution in [1.29, 1.82) is 0 Å². The summed E-state index contributed by atoms with van der Waals surface area (Å²) in [5.74, 6) is -3.37. The van der Waals surface area contributed by atoms with Crippen molar-refractivity contribution in [3.05, 3.63) is 70.1 Å². The highest BCUT2D eigenvalue weighted by atomic mass is 35.5. The maximum atomic E-state index is 13.9. The molecule has 1 atom stereocenters. The second-order valence-electron chi connectivity index (χ2n) is 9.85. The van der Waals surface area contributed by atoms with Crippen LogP contribution < -0.4 is 4.74 Å². The minimum absolute atomic E-state index is 0.00621. The lowest BCUT2D eigenvalue weighted by Crippen LogP contribution is -2.44. The molecule has 0 amide bonds. The number of aromatic nitrogens is 1. The highest BCUT2D eigenvalue weighted by Crippen LogP contribution is 2.41. The van der Waals surface area contributed by atoms with Crippen LogP contribution in [0.2, 0.25) is 5.02 Å². The molecule has 6 nitrogen and oxygen atoms in total. The van der Waals surface area contributed by atoms with Crippen LogP contribution in [-0.2, 0) is 11.2 Å². The molecular weight excluding hydrogens is 521 g/mol. The van der Waals surface area contributed by atoms with Crippen molar-refractivity contribution in [2.24, 2.45) is 5.41 Å². The number of ether oxygens (including phenoxy) is 1. The van der Waals surface area contributed by atoms with Crippen molar-refractivity contribution >= 4 is 28.5 Å². The summed E-state index contributed by atoms with van der Waals surface area (Å²) in [5, 5.41) is 22.1. The standard InChI is InChI=1S/C28H30ClF3N2O4/c1-38-19-4-5-23-20(15-19)25(21(29)16-33-23)24(35)6-7-28(27(36)37)8-11-34(12-9-28)10-2-3-17-13-18(30)14-22(31)26(17)32/h4-5,13-16,24,35H,2-3,6-12H2,1H3,(H,36,37)/t24-/m0/s1. The molecule has 2 aromatic carbocycles. The number of carboxylic acid groups (broad SMARTS) is 1. The number of aliphatic hydroxyl groups is 1. The van der Waals surface area contributed by atoms with Gasteiger partial charge in [-0.3, -0.25) is 9.78 Å². The smallest absolute Gasteiger partial charge is 0.309 e. The van der Waals surface area contributed by atoms with E-state index in [1.165, 1.54) is 13.3 Å². The summed E-state index contributed by atoms with van der Waals surface area (Å²) in [6.45, 7) is 1.58. The number of fused-ring (bicyclic) bond motifs is 1. The van der Waals surface area contributed by atoms with Gasteiger partial charge in [0.15, 0.2) is 11.6 Å². The zero-order valence-corrected chi connectivity index (χ0v) is 21.8. The normalized spacial score (nSPS) is 16.5. The fourth-order valence-corrected chi connectivity index (χ4v) is 5.53. The van der Waals surface area contributed by atoms with Crippen LogP contribution in [0, 0.1) is 22.9 Å². The van der Waals surface area contributed by atoms with E-state index in [1.807, 2.05) is 0 Å². The van der Waals surface area contributed by atoms with E-state index in [0.29, 0.717) is 72.2 Å². The molecule has 0 bridgehead atoms. The highest BCUT2D eigenvalue weighted by Gasteiger charge is 2.41. The van der Waals surface area contributed by atoms with Crippen LogP contribution in [0.15, 0.2) is 36.5 Å². The van der Waals surface area contributed by atoms with Gasteiger partial charge in [0.05, 0.1) is 29.2 Å². The van der Waals surface area contributed by atoms with Crippen LogP contribution in [0.3, 0.4) is 0 Å². The average Bonchev–Trinajstić information content (AvgIpc) is 2.90. The van der Waals surface area contributed by atoms with Gasteiger partial charge < -0.3 is 19.8 Å². The summed E-state index contributed by atoms with van der Waals surface area (Å²) in [6, 6.07) is 6.81. The van der Waals surface area contributed by atoms with Crippen molar-refractivity contribution in [2.45, 2.75) is 44.6 Å². The first kappa shape index (κ1) is 28.1. The molecule has 0 unspecified atom stereocenters. The van der Waals surface area contributed by atoms with E-state index in [2.05, 4.69) is 9.88 Å². The van der Waals surface area contributed by atoms with E-state index in [9.17, 15) is 28.2 Å². The third-order valence-corrected chi connectivity index (χ3v) is 7.85. The molecule has 3 aromatic rings. The molecule has 1 aromatic heterocycles. The minimum atomic E-state index is -1.20. The Morgan fingerprint density at radius 1 is 1.21 bits per heavy atom. The third-order valence-electron chi connectivity index (χ3n) is 7.55. The molecule has 0 aliphatic carbocycles. The fraction of sp³-hybridized carbons (Fsp3) is 0.429. The lowest BCUT2D eigenvalue weighted by Gasteiger charge is -2.39. The summed E-state index contributed by atoms with van der Waals surface area (Å²) < 4.78 is 46.0. The Morgan fingerprint density at radius 3 is 2.63 bits per heavy atom. The minimum Gasteiger partial charge on any atom is -0.497 e. The van der Waals surface area contributed by atoms with Gasteiger partial charge in [-0.15, -0.1) is 0 Å². The second-order valence-corrected chi connectivity index (χ2v) is 10.3. The van der Waals surface area contributed by atoms with E-state index in [0.717, 1.165) is 6.07 Å². The van der Waals surface area contributed by atoms with Crippen LogP contribution in [0.5, 0.6) is 5.75 Å². The Kier molecular flexibility index (Phi) is 8.80. The average molecular weight is 551 g/mol. The van der Waals surface area contributed by atoms with Crippen LogP contribution in [-0.4, -0.2) is 52.8 Å². The molecule has 0 spiro atoms. The molecule has 1 fully saturated rings. The molecule has 1 aliphatic rings. The third kappa shape index (κ3) is 6.06. The number of hydrogen-bond acceptors (Lipinski definition) is 5. The number of methoxy groups -OCH3 is 1. The van der Waals surface area contributed by atoms with E-state index in [4.69, 9.17) is 16.3 Å². The molecule has 2 heterocycles. The number of carboxylic acids is 1. The summed E-state index contributed by atoms with van der Waals surface area (Å²) in [7, 11) is 1.54. The van der Waals surface area contributed by atoms with Crippen molar-refractivity contribution in [3.63, 3.8) is 0 Å². The summed E-state index contributed by atoms with van der Waals surface area (Å²) >= 11 is 6.40. The quantitative estimate of drug-likeness (QED) is 0.305. The monoisotopic (exact) mass is 550 g/mol. The largest absolute Gasteiger partial charge is 0.497 e. The van der Waals surface area contributed by atoms with Gasteiger partial charge in [0.2, 0.25) is 0 Å².